The molecule has 22 heavy (non-hydrogen) atoms. The van der Waals surface area contributed by atoms with E-state index in [1.54, 1.807) is 24.6 Å². The van der Waals surface area contributed by atoms with Crippen LogP contribution < -0.4 is 10.1 Å². The van der Waals surface area contributed by atoms with E-state index in [1.807, 2.05) is 41.8 Å². The Hall–Kier alpha value is -1.63. The standard InChI is InChI=1S/C15H12BrN3OS.ClH/c1-20-13-6-5-10(8-11(13)16)12-9-21-15(18-12)19-14-4-2-3-7-17-14;/h2-9H,1H3,(H,17,18,19);1H. The Kier molecular flexibility index (Phi) is 5.76. The van der Waals surface area contributed by atoms with Gasteiger partial charge in [-0.1, -0.05) is 6.07 Å². The molecule has 2 aromatic heterocycles. The largest absolute Gasteiger partial charge is 0.496 e. The molecule has 0 atom stereocenters. The average Bonchev–Trinajstić information content (AvgIpc) is 2.97. The Balaban J connectivity index is 0.00000176. The maximum atomic E-state index is 5.23. The van der Waals surface area contributed by atoms with E-state index >= 15 is 0 Å². The fourth-order valence-corrected chi connectivity index (χ4v) is 3.10. The summed E-state index contributed by atoms with van der Waals surface area (Å²) >= 11 is 5.04. The minimum atomic E-state index is 0. The maximum absolute atomic E-state index is 5.23. The Morgan fingerprint density at radius 2 is 2.09 bits per heavy atom. The van der Waals surface area contributed by atoms with E-state index in [9.17, 15) is 0 Å². The van der Waals surface area contributed by atoms with Crippen LogP contribution in [0.1, 0.15) is 0 Å². The molecule has 0 spiro atoms. The van der Waals surface area contributed by atoms with E-state index in [4.69, 9.17) is 4.74 Å². The van der Waals surface area contributed by atoms with Crippen molar-refractivity contribution in [1.29, 1.82) is 0 Å². The van der Waals surface area contributed by atoms with E-state index < -0.39 is 0 Å². The van der Waals surface area contributed by atoms with Gasteiger partial charge in [-0.05, 0) is 46.3 Å². The molecular weight excluding hydrogens is 386 g/mol. The van der Waals surface area contributed by atoms with Crippen LogP contribution in [0.2, 0.25) is 0 Å². The number of hydrogen-bond acceptors (Lipinski definition) is 5. The summed E-state index contributed by atoms with van der Waals surface area (Å²) in [6, 6.07) is 11.6. The van der Waals surface area contributed by atoms with E-state index in [0.29, 0.717) is 0 Å². The Morgan fingerprint density at radius 1 is 1.23 bits per heavy atom. The number of methoxy groups -OCH3 is 1. The Labute approximate surface area is 147 Å². The third-order valence-corrected chi connectivity index (χ3v) is 4.23. The molecule has 0 aliphatic carbocycles. The number of hydrogen-bond donors (Lipinski definition) is 1. The van der Waals surface area contributed by atoms with Gasteiger partial charge in [0.2, 0.25) is 0 Å². The van der Waals surface area contributed by atoms with E-state index in [1.165, 1.54) is 0 Å². The molecule has 3 rings (SSSR count). The normalized spacial score (nSPS) is 9.91. The van der Waals surface area contributed by atoms with Crippen LogP contribution in [0.25, 0.3) is 11.3 Å². The predicted octanol–water partition coefficient (Wildman–Crippen LogP) is 5.14. The minimum Gasteiger partial charge on any atom is -0.496 e. The van der Waals surface area contributed by atoms with Crippen LogP contribution in [0.3, 0.4) is 0 Å². The topological polar surface area (TPSA) is 47.0 Å². The molecule has 1 aromatic carbocycles. The van der Waals surface area contributed by atoms with Gasteiger partial charge in [0.15, 0.2) is 5.13 Å². The zero-order valence-corrected chi connectivity index (χ0v) is 14.8. The highest BCUT2D eigenvalue weighted by molar-refractivity contribution is 9.10. The SMILES string of the molecule is COc1ccc(-c2csc(Nc3ccccn3)n2)cc1Br.Cl. The van der Waals surface area contributed by atoms with Crippen LogP contribution in [0.5, 0.6) is 5.75 Å². The Bertz CT molecular complexity index is 752. The monoisotopic (exact) mass is 397 g/mol. The highest BCUT2D eigenvalue weighted by atomic mass is 79.9. The molecule has 0 amide bonds. The van der Waals surface area contributed by atoms with Crippen molar-refractivity contribution in [2.75, 3.05) is 12.4 Å². The van der Waals surface area contributed by atoms with Crippen molar-refractivity contribution in [2.45, 2.75) is 0 Å². The van der Waals surface area contributed by atoms with Gasteiger partial charge in [0.05, 0.1) is 17.3 Å². The van der Waals surface area contributed by atoms with Crippen molar-refractivity contribution in [1.82, 2.24) is 9.97 Å². The Morgan fingerprint density at radius 3 is 2.77 bits per heavy atom. The number of halogens is 2. The van der Waals surface area contributed by atoms with Gasteiger partial charge in [-0.15, -0.1) is 23.7 Å². The summed E-state index contributed by atoms with van der Waals surface area (Å²) < 4.78 is 6.15. The minimum absolute atomic E-state index is 0. The van der Waals surface area contributed by atoms with Crippen molar-refractivity contribution in [3.05, 3.63) is 52.4 Å². The molecule has 1 N–H and O–H groups in total. The fraction of sp³-hybridized carbons (Fsp3) is 0.0667. The fourth-order valence-electron chi connectivity index (χ4n) is 1.84. The summed E-state index contributed by atoms with van der Waals surface area (Å²) in [6.07, 6.45) is 1.75. The lowest BCUT2D eigenvalue weighted by Crippen LogP contribution is -1.91. The van der Waals surface area contributed by atoms with Crippen LogP contribution in [0.15, 0.2) is 52.4 Å². The van der Waals surface area contributed by atoms with Crippen molar-refractivity contribution in [3.63, 3.8) is 0 Å². The second kappa shape index (κ2) is 7.58. The summed E-state index contributed by atoms with van der Waals surface area (Å²) in [5.41, 5.74) is 1.95. The highest BCUT2D eigenvalue weighted by Crippen LogP contribution is 2.32. The lowest BCUT2D eigenvalue weighted by molar-refractivity contribution is 0.412. The lowest BCUT2D eigenvalue weighted by Gasteiger charge is -2.04. The molecule has 4 nitrogen and oxygen atoms in total. The summed E-state index contributed by atoms with van der Waals surface area (Å²) in [4.78, 5) is 8.80. The number of nitrogens with one attached hydrogen (secondary N) is 1. The second-order valence-corrected chi connectivity index (χ2v) is 5.94. The number of anilines is 2. The number of thiazole rings is 1. The lowest BCUT2D eigenvalue weighted by atomic mass is 10.2. The van der Waals surface area contributed by atoms with Gasteiger partial charge < -0.3 is 10.1 Å². The summed E-state index contributed by atoms with van der Waals surface area (Å²) in [7, 11) is 1.65. The average molecular weight is 399 g/mol. The molecule has 0 fully saturated rings. The van der Waals surface area contributed by atoms with Crippen molar-refractivity contribution >= 4 is 50.6 Å². The summed E-state index contributed by atoms with van der Waals surface area (Å²) in [5.74, 6) is 1.59. The highest BCUT2D eigenvalue weighted by Gasteiger charge is 2.08. The van der Waals surface area contributed by atoms with E-state index in [2.05, 4.69) is 31.2 Å². The molecule has 0 saturated heterocycles. The van der Waals surface area contributed by atoms with Crippen molar-refractivity contribution in [2.24, 2.45) is 0 Å². The number of benzene rings is 1. The molecular formula is C15H13BrClN3OS. The van der Waals surface area contributed by atoms with Crippen LogP contribution in [-0.2, 0) is 0 Å². The zero-order chi connectivity index (χ0) is 14.7. The van der Waals surface area contributed by atoms with Gasteiger partial charge in [-0.3, -0.25) is 0 Å². The molecule has 7 heteroatoms. The van der Waals surface area contributed by atoms with Crippen LogP contribution in [0.4, 0.5) is 10.9 Å². The number of pyridine rings is 1. The number of ether oxygens (including phenoxy) is 1. The quantitative estimate of drug-likeness (QED) is 0.661. The second-order valence-electron chi connectivity index (χ2n) is 4.23. The molecule has 0 radical (unpaired) electrons. The van der Waals surface area contributed by atoms with E-state index in [0.717, 1.165) is 32.4 Å². The van der Waals surface area contributed by atoms with Crippen LogP contribution in [-0.4, -0.2) is 17.1 Å². The molecule has 0 aliphatic heterocycles. The molecule has 2 heterocycles. The molecule has 0 bridgehead atoms. The third-order valence-electron chi connectivity index (χ3n) is 2.85. The van der Waals surface area contributed by atoms with Gasteiger partial charge in [0.25, 0.3) is 0 Å². The van der Waals surface area contributed by atoms with Crippen molar-refractivity contribution < 1.29 is 4.74 Å². The van der Waals surface area contributed by atoms with Crippen LogP contribution in [0, 0.1) is 0 Å². The molecule has 3 aromatic rings. The van der Waals surface area contributed by atoms with Crippen molar-refractivity contribution in [3.8, 4) is 17.0 Å². The third kappa shape index (κ3) is 3.76. The number of rotatable bonds is 4. The molecule has 0 saturated carbocycles. The maximum Gasteiger partial charge on any atom is 0.188 e. The zero-order valence-electron chi connectivity index (χ0n) is 11.6. The summed E-state index contributed by atoms with van der Waals surface area (Å²) in [6.45, 7) is 0. The summed E-state index contributed by atoms with van der Waals surface area (Å²) in [5, 5.41) is 6.02. The van der Waals surface area contributed by atoms with Gasteiger partial charge in [0, 0.05) is 17.1 Å². The molecule has 0 unspecified atom stereocenters. The number of aromatic nitrogens is 2. The van der Waals surface area contributed by atoms with Gasteiger partial charge in [0.1, 0.15) is 11.6 Å². The van der Waals surface area contributed by atoms with Gasteiger partial charge in [-0.25, -0.2) is 9.97 Å². The molecule has 114 valence electrons. The smallest absolute Gasteiger partial charge is 0.188 e. The first-order valence-electron chi connectivity index (χ1n) is 6.24. The van der Waals surface area contributed by atoms with Gasteiger partial charge >= 0.3 is 0 Å². The first-order valence-corrected chi connectivity index (χ1v) is 7.91. The molecule has 0 aliphatic rings. The first kappa shape index (κ1) is 16.7. The number of nitrogens with zero attached hydrogens (tertiary/aromatic N) is 2. The van der Waals surface area contributed by atoms with Crippen LogP contribution >= 0.6 is 39.7 Å². The predicted molar refractivity (Wildman–Crippen MR) is 96.6 cm³/mol. The van der Waals surface area contributed by atoms with E-state index in [-0.39, 0.29) is 12.4 Å². The first-order chi connectivity index (χ1) is 10.3. The van der Waals surface area contributed by atoms with Gasteiger partial charge in [-0.2, -0.15) is 0 Å².